The molecule has 21 heavy (non-hydrogen) atoms. The first-order valence-electron chi connectivity index (χ1n) is 6.56. The molecule has 2 N–H and O–H groups in total. The number of nitrogens with one attached hydrogen (secondary N) is 1. The number of aromatic nitrogens is 1. The van der Waals surface area contributed by atoms with E-state index in [2.05, 4.69) is 10.3 Å². The van der Waals surface area contributed by atoms with Gasteiger partial charge < -0.3 is 15.2 Å². The molecule has 0 spiro atoms. The number of aliphatic hydroxyl groups is 1. The van der Waals surface area contributed by atoms with E-state index in [1.165, 1.54) is 0 Å². The monoisotopic (exact) mass is 326 g/mol. The summed E-state index contributed by atoms with van der Waals surface area (Å²) in [6, 6.07) is 8.62. The van der Waals surface area contributed by atoms with Gasteiger partial charge in [0.2, 0.25) is 5.88 Å². The highest BCUT2D eigenvalue weighted by Gasteiger charge is 2.12. The Morgan fingerprint density at radius 1 is 1.29 bits per heavy atom. The number of rotatable bonds is 6. The van der Waals surface area contributed by atoms with E-state index in [1.54, 1.807) is 30.5 Å². The second kappa shape index (κ2) is 7.50. The fourth-order valence-corrected chi connectivity index (χ4v) is 2.24. The minimum Gasteiger partial charge on any atom is -0.478 e. The van der Waals surface area contributed by atoms with Crippen molar-refractivity contribution in [1.82, 2.24) is 4.98 Å². The van der Waals surface area contributed by atoms with Gasteiger partial charge in [0.15, 0.2) is 0 Å². The van der Waals surface area contributed by atoms with Crippen LogP contribution in [0.2, 0.25) is 10.0 Å². The lowest BCUT2D eigenvalue weighted by Crippen LogP contribution is -2.12. The number of benzene rings is 1. The highest BCUT2D eigenvalue weighted by molar-refractivity contribution is 6.33. The summed E-state index contributed by atoms with van der Waals surface area (Å²) in [4.78, 5) is 4.14. The van der Waals surface area contributed by atoms with Crippen LogP contribution in [-0.4, -0.2) is 23.2 Å². The van der Waals surface area contributed by atoms with Gasteiger partial charge in [-0.3, -0.25) is 0 Å². The van der Waals surface area contributed by atoms with Crippen molar-refractivity contribution in [2.45, 2.75) is 13.0 Å². The van der Waals surface area contributed by atoms with E-state index in [9.17, 15) is 5.11 Å². The van der Waals surface area contributed by atoms with Gasteiger partial charge in [-0.15, -0.1) is 0 Å². The van der Waals surface area contributed by atoms with E-state index in [0.29, 0.717) is 34.6 Å². The van der Waals surface area contributed by atoms with Gasteiger partial charge in [-0.2, -0.15) is 0 Å². The van der Waals surface area contributed by atoms with Crippen LogP contribution >= 0.6 is 23.2 Å². The Labute approximate surface area is 133 Å². The Morgan fingerprint density at radius 3 is 2.76 bits per heavy atom. The van der Waals surface area contributed by atoms with Gasteiger partial charge >= 0.3 is 0 Å². The van der Waals surface area contributed by atoms with Crippen LogP contribution in [0.3, 0.4) is 0 Å². The molecule has 4 nitrogen and oxygen atoms in total. The zero-order valence-corrected chi connectivity index (χ0v) is 13.0. The summed E-state index contributed by atoms with van der Waals surface area (Å²) in [5.41, 5.74) is 1.38. The van der Waals surface area contributed by atoms with Crippen LogP contribution in [-0.2, 0) is 0 Å². The van der Waals surface area contributed by atoms with Crippen LogP contribution in [0.1, 0.15) is 18.6 Å². The summed E-state index contributed by atoms with van der Waals surface area (Å²) in [5.74, 6) is 0.571. The summed E-state index contributed by atoms with van der Waals surface area (Å²) >= 11 is 12.0. The van der Waals surface area contributed by atoms with Gasteiger partial charge in [0, 0.05) is 28.2 Å². The average molecular weight is 327 g/mol. The SMILES string of the molecule is CCOc1ccc(NCC(O)c2cc(Cl)ccc2Cl)cn1. The molecule has 1 heterocycles. The third-order valence-corrected chi connectivity index (χ3v) is 3.42. The van der Waals surface area contributed by atoms with E-state index in [0.717, 1.165) is 5.69 Å². The number of hydrogen-bond donors (Lipinski definition) is 2. The minimum absolute atomic E-state index is 0.301. The molecule has 0 saturated heterocycles. The van der Waals surface area contributed by atoms with Crippen LogP contribution in [0.15, 0.2) is 36.5 Å². The lowest BCUT2D eigenvalue weighted by Gasteiger charge is -2.15. The van der Waals surface area contributed by atoms with Crippen molar-refractivity contribution >= 4 is 28.9 Å². The van der Waals surface area contributed by atoms with E-state index in [-0.39, 0.29) is 0 Å². The predicted octanol–water partition coefficient (Wildman–Crippen LogP) is 3.93. The van der Waals surface area contributed by atoms with Crippen LogP contribution in [0.4, 0.5) is 5.69 Å². The van der Waals surface area contributed by atoms with Gasteiger partial charge in [0.25, 0.3) is 0 Å². The fourth-order valence-electron chi connectivity index (χ4n) is 1.81. The highest BCUT2D eigenvalue weighted by Crippen LogP contribution is 2.26. The van der Waals surface area contributed by atoms with Crippen LogP contribution in [0.5, 0.6) is 5.88 Å². The molecule has 2 rings (SSSR count). The zero-order valence-electron chi connectivity index (χ0n) is 11.5. The molecule has 0 amide bonds. The number of nitrogens with zero attached hydrogens (tertiary/aromatic N) is 1. The van der Waals surface area contributed by atoms with Gasteiger partial charge in [0.1, 0.15) is 0 Å². The normalized spacial score (nSPS) is 12.0. The third-order valence-electron chi connectivity index (χ3n) is 2.85. The number of ether oxygens (including phenoxy) is 1. The smallest absolute Gasteiger partial charge is 0.213 e. The van der Waals surface area contributed by atoms with E-state index in [4.69, 9.17) is 27.9 Å². The molecule has 0 aliphatic carbocycles. The van der Waals surface area contributed by atoms with Crippen molar-refractivity contribution in [3.8, 4) is 5.88 Å². The standard InChI is InChI=1S/C15H16Cl2N2O2/c1-2-21-15-6-4-11(8-19-15)18-9-14(20)12-7-10(16)3-5-13(12)17/h3-8,14,18,20H,2,9H2,1H3. The summed E-state index contributed by atoms with van der Waals surface area (Å²) in [7, 11) is 0. The molecule has 1 aromatic carbocycles. The fraction of sp³-hybridized carbons (Fsp3) is 0.267. The maximum absolute atomic E-state index is 10.2. The number of hydrogen-bond acceptors (Lipinski definition) is 4. The Bertz CT molecular complexity index is 591. The van der Waals surface area contributed by atoms with Crippen LogP contribution in [0, 0.1) is 0 Å². The zero-order chi connectivity index (χ0) is 15.2. The molecule has 112 valence electrons. The van der Waals surface area contributed by atoms with Gasteiger partial charge in [-0.1, -0.05) is 23.2 Å². The molecule has 0 radical (unpaired) electrons. The molecule has 0 aliphatic heterocycles. The summed E-state index contributed by atoms with van der Waals surface area (Å²) in [6.07, 6.45) is 0.889. The van der Waals surface area contributed by atoms with Gasteiger partial charge in [-0.25, -0.2) is 4.98 Å². The maximum atomic E-state index is 10.2. The molecule has 1 aromatic heterocycles. The van der Waals surface area contributed by atoms with E-state index >= 15 is 0 Å². The first kappa shape index (κ1) is 15.9. The second-order valence-corrected chi connectivity index (χ2v) is 5.22. The Morgan fingerprint density at radius 2 is 2.10 bits per heavy atom. The summed E-state index contributed by atoms with van der Waals surface area (Å²) < 4.78 is 5.26. The molecule has 0 aliphatic rings. The first-order chi connectivity index (χ1) is 10.1. The molecule has 0 saturated carbocycles. The van der Waals surface area contributed by atoms with Crippen molar-refractivity contribution in [1.29, 1.82) is 0 Å². The predicted molar refractivity (Wildman–Crippen MR) is 85.3 cm³/mol. The van der Waals surface area contributed by atoms with Crippen molar-refractivity contribution in [3.63, 3.8) is 0 Å². The third kappa shape index (κ3) is 4.49. The largest absolute Gasteiger partial charge is 0.478 e. The number of halogens is 2. The number of anilines is 1. The molecule has 0 bridgehead atoms. The van der Waals surface area contributed by atoms with Gasteiger partial charge in [-0.05, 0) is 31.2 Å². The molecule has 0 fully saturated rings. The summed E-state index contributed by atoms with van der Waals surface area (Å²) in [5, 5.41) is 14.3. The molecule has 2 aromatic rings. The first-order valence-corrected chi connectivity index (χ1v) is 7.31. The van der Waals surface area contributed by atoms with Crippen molar-refractivity contribution in [3.05, 3.63) is 52.1 Å². The topological polar surface area (TPSA) is 54.4 Å². The quantitative estimate of drug-likeness (QED) is 0.844. The number of aliphatic hydroxyl groups excluding tert-OH is 1. The van der Waals surface area contributed by atoms with E-state index in [1.807, 2.05) is 13.0 Å². The molecule has 1 unspecified atom stereocenters. The highest BCUT2D eigenvalue weighted by atomic mass is 35.5. The van der Waals surface area contributed by atoms with Crippen molar-refractivity contribution < 1.29 is 9.84 Å². The van der Waals surface area contributed by atoms with E-state index < -0.39 is 6.10 Å². The van der Waals surface area contributed by atoms with Gasteiger partial charge in [0.05, 0.1) is 24.6 Å². The van der Waals surface area contributed by atoms with Crippen molar-refractivity contribution in [2.75, 3.05) is 18.5 Å². The van der Waals surface area contributed by atoms with Crippen LogP contribution < -0.4 is 10.1 Å². The van der Waals surface area contributed by atoms with Crippen molar-refractivity contribution in [2.24, 2.45) is 0 Å². The Kier molecular flexibility index (Phi) is 5.67. The molecular formula is C15H16Cl2N2O2. The van der Waals surface area contributed by atoms with Crippen LogP contribution in [0.25, 0.3) is 0 Å². The lowest BCUT2D eigenvalue weighted by atomic mass is 10.1. The second-order valence-electron chi connectivity index (χ2n) is 4.38. The number of pyridine rings is 1. The molecular weight excluding hydrogens is 311 g/mol. The lowest BCUT2D eigenvalue weighted by molar-refractivity contribution is 0.192. The minimum atomic E-state index is -0.761. The maximum Gasteiger partial charge on any atom is 0.213 e. The average Bonchev–Trinajstić information content (AvgIpc) is 2.49. The summed E-state index contributed by atoms with van der Waals surface area (Å²) in [6.45, 7) is 2.78. The molecule has 1 atom stereocenters. The Hall–Kier alpha value is -1.49. The Balaban J connectivity index is 1.97. The molecule has 6 heteroatoms.